The summed E-state index contributed by atoms with van der Waals surface area (Å²) in [5.41, 5.74) is 0. The van der Waals surface area contributed by atoms with Crippen LogP contribution in [0.15, 0.2) is 0 Å². The molecule has 1 N–H and O–H groups in total. The summed E-state index contributed by atoms with van der Waals surface area (Å²) in [5.74, 6) is 0.0963. The lowest BCUT2D eigenvalue weighted by Crippen LogP contribution is -2.36. The quantitative estimate of drug-likeness (QED) is 0.757. The van der Waals surface area contributed by atoms with E-state index in [2.05, 4.69) is 28.2 Å². The molecule has 15 heavy (non-hydrogen) atoms. The van der Waals surface area contributed by atoms with E-state index in [9.17, 15) is 4.79 Å². The van der Waals surface area contributed by atoms with Crippen LogP contribution in [0.25, 0.3) is 0 Å². The molecule has 0 bridgehead atoms. The fraction of sp³-hybridized carbons (Fsp3) is 0.909. The molecule has 1 aliphatic heterocycles. The second kappa shape index (κ2) is 7.23. The van der Waals surface area contributed by atoms with Gasteiger partial charge in [-0.05, 0) is 19.3 Å². The lowest BCUT2D eigenvalue weighted by atomic mass is 10.2. The summed E-state index contributed by atoms with van der Waals surface area (Å²) in [6.07, 6.45) is 5.55. The minimum absolute atomic E-state index is 0.0427. The molecular weight excluding hydrogens is 258 g/mol. The van der Waals surface area contributed by atoms with Gasteiger partial charge in [0.2, 0.25) is 5.91 Å². The molecule has 0 aromatic carbocycles. The Hall–Kier alpha value is -0.0900. The number of hydrogen-bond acceptors (Lipinski definition) is 2. The molecule has 1 heterocycles. The summed E-state index contributed by atoms with van der Waals surface area (Å²) in [6.45, 7) is 3.63. The van der Waals surface area contributed by atoms with Crippen molar-refractivity contribution in [3.05, 3.63) is 0 Å². The molecule has 4 heteroatoms. The van der Waals surface area contributed by atoms with Crippen LogP contribution < -0.4 is 5.32 Å². The van der Waals surface area contributed by atoms with E-state index >= 15 is 0 Å². The molecule has 3 nitrogen and oxygen atoms in total. The van der Waals surface area contributed by atoms with Crippen molar-refractivity contribution < 1.29 is 9.53 Å². The number of rotatable bonds is 6. The normalized spacial score (nSPS) is 22.7. The van der Waals surface area contributed by atoms with E-state index in [4.69, 9.17) is 4.74 Å². The number of ether oxygens (including phenoxy) is 1. The Morgan fingerprint density at radius 1 is 1.67 bits per heavy atom. The zero-order chi connectivity index (χ0) is 11.1. The van der Waals surface area contributed by atoms with Gasteiger partial charge in [0, 0.05) is 13.2 Å². The van der Waals surface area contributed by atoms with Crippen LogP contribution in [0.2, 0.25) is 0 Å². The molecule has 0 saturated carbocycles. The molecule has 88 valence electrons. The lowest BCUT2D eigenvalue weighted by Gasteiger charge is -2.13. The zero-order valence-corrected chi connectivity index (χ0v) is 10.9. The Balaban J connectivity index is 2.11. The van der Waals surface area contributed by atoms with Crippen LogP contribution in [0.4, 0.5) is 0 Å². The van der Waals surface area contributed by atoms with Crippen LogP contribution in [-0.2, 0) is 9.53 Å². The Bertz CT molecular complexity index is 193. The second-order valence-corrected chi connectivity index (χ2v) is 5.10. The highest BCUT2D eigenvalue weighted by Gasteiger charge is 2.18. The molecule has 0 aliphatic carbocycles. The summed E-state index contributed by atoms with van der Waals surface area (Å²) < 4.78 is 5.43. The molecule has 0 aromatic rings. The first-order chi connectivity index (χ1) is 7.24. The van der Waals surface area contributed by atoms with E-state index in [0.29, 0.717) is 6.54 Å². The third kappa shape index (κ3) is 4.98. The summed E-state index contributed by atoms with van der Waals surface area (Å²) in [6, 6.07) is 0. The van der Waals surface area contributed by atoms with Gasteiger partial charge in [-0.1, -0.05) is 35.7 Å². The van der Waals surface area contributed by atoms with Crippen LogP contribution in [0.5, 0.6) is 0 Å². The predicted molar refractivity (Wildman–Crippen MR) is 64.2 cm³/mol. The second-order valence-electron chi connectivity index (χ2n) is 3.99. The highest BCUT2D eigenvalue weighted by atomic mass is 79.9. The number of amides is 1. The fourth-order valence-electron chi connectivity index (χ4n) is 1.64. The van der Waals surface area contributed by atoms with Crippen molar-refractivity contribution in [2.24, 2.45) is 0 Å². The number of hydrogen-bond donors (Lipinski definition) is 1. The monoisotopic (exact) mass is 277 g/mol. The molecule has 1 rings (SSSR count). The van der Waals surface area contributed by atoms with Gasteiger partial charge in [0.15, 0.2) is 0 Å². The van der Waals surface area contributed by atoms with E-state index in [-0.39, 0.29) is 16.8 Å². The van der Waals surface area contributed by atoms with Crippen molar-refractivity contribution in [1.82, 2.24) is 5.32 Å². The van der Waals surface area contributed by atoms with Gasteiger partial charge in [-0.3, -0.25) is 4.79 Å². The van der Waals surface area contributed by atoms with Gasteiger partial charge in [0.1, 0.15) is 0 Å². The summed E-state index contributed by atoms with van der Waals surface area (Å²) in [7, 11) is 0. The minimum atomic E-state index is -0.0427. The minimum Gasteiger partial charge on any atom is -0.376 e. The molecule has 2 atom stereocenters. The van der Waals surface area contributed by atoms with Gasteiger partial charge in [0.25, 0.3) is 0 Å². The fourth-order valence-corrected chi connectivity index (χ4v) is 2.13. The van der Waals surface area contributed by atoms with Gasteiger partial charge >= 0.3 is 0 Å². The van der Waals surface area contributed by atoms with Crippen molar-refractivity contribution >= 4 is 21.8 Å². The Morgan fingerprint density at radius 3 is 3.07 bits per heavy atom. The van der Waals surface area contributed by atoms with Crippen molar-refractivity contribution in [2.75, 3.05) is 13.2 Å². The van der Waals surface area contributed by atoms with Gasteiger partial charge in [-0.15, -0.1) is 0 Å². The maximum absolute atomic E-state index is 11.6. The van der Waals surface area contributed by atoms with E-state index in [1.807, 2.05) is 0 Å². The zero-order valence-electron chi connectivity index (χ0n) is 9.30. The Labute approximate surface area is 100 Å². The van der Waals surface area contributed by atoms with E-state index in [0.717, 1.165) is 38.7 Å². The number of nitrogens with one attached hydrogen (secondary N) is 1. The first kappa shape index (κ1) is 13.0. The maximum atomic E-state index is 11.6. The topological polar surface area (TPSA) is 38.3 Å². The molecule has 0 aromatic heterocycles. The summed E-state index contributed by atoms with van der Waals surface area (Å²) >= 11 is 3.40. The molecule has 2 unspecified atom stereocenters. The summed E-state index contributed by atoms with van der Waals surface area (Å²) in [4.78, 5) is 11.5. The average molecular weight is 278 g/mol. The highest BCUT2D eigenvalue weighted by Crippen LogP contribution is 2.12. The predicted octanol–water partition coefficient (Wildman–Crippen LogP) is 2.24. The summed E-state index contributed by atoms with van der Waals surface area (Å²) in [5, 5.41) is 2.92. The SMILES string of the molecule is CCCCC(Br)C(=O)NCC1CCCO1. The van der Waals surface area contributed by atoms with Crippen LogP contribution in [0.3, 0.4) is 0 Å². The van der Waals surface area contributed by atoms with Crippen molar-refractivity contribution in [1.29, 1.82) is 0 Å². The van der Waals surface area contributed by atoms with E-state index in [1.54, 1.807) is 0 Å². The third-order valence-corrected chi connectivity index (χ3v) is 3.50. The first-order valence-electron chi connectivity index (χ1n) is 5.77. The van der Waals surface area contributed by atoms with Crippen molar-refractivity contribution in [2.45, 2.75) is 50.0 Å². The van der Waals surface area contributed by atoms with Crippen LogP contribution >= 0.6 is 15.9 Å². The third-order valence-electron chi connectivity index (χ3n) is 2.62. The van der Waals surface area contributed by atoms with E-state index in [1.165, 1.54) is 0 Å². The van der Waals surface area contributed by atoms with Crippen LogP contribution in [-0.4, -0.2) is 30.0 Å². The maximum Gasteiger partial charge on any atom is 0.233 e. The Kier molecular flexibility index (Phi) is 6.25. The molecule has 0 radical (unpaired) electrons. The molecule has 1 aliphatic rings. The van der Waals surface area contributed by atoms with Crippen LogP contribution in [0, 0.1) is 0 Å². The van der Waals surface area contributed by atoms with Crippen molar-refractivity contribution in [3.63, 3.8) is 0 Å². The first-order valence-corrected chi connectivity index (χ1v) is 6.69. The number of carbonyl (C=O) groups is 1. The Morgan fingerprint density at radius 2 is 2.47 bits per heavy atom. The van der Waals surface area contributed by atoms with Crippen molar-refractivity contribution in [3.8, 4) is 0 Å². The highest BCUT2D eigenvalue weighted by molar-refractivity contribution is 9.10. The van der Waals surface area contributed by atoms with Gasteiger partial charge in [-0.25, -0.2) is 0 Å². The number of unbranched alkanes of at least 4 members (excludes halogenated alkanes) is 1. The van der Waals surface area contributed by atoms with E-state index < -0.39 is 0 Å². The lowest BCUT2D eigenvalue weighted by molar-refractivity contribution is -0.121. The molecule has 1 saturated heterocycles. The smallest absolute Gasteiger partial charge is 0.233 e. The molecule has 1 fully saturated rings. The van der Waals surface area contributed by atoms with Gasteiger partial charge in [0.05, 0.1) is 10.9 Å². The average Bonchev–Trinajstić information content (AvgIpc) is 2.75. The molecule has 0 spiro atoms. The largest absolute Gasteiger partial charge is 0.376 e. The van der Waals surface area contributed by atoms with Gasteiger partial charge < -0.3 is 10.1 Å². The standard InChI is InChI=1S/C11H20BrNO2/c1-2-3-6-10(12)11(14)13-8-9-5-4-7-15-9/h9-10H,2-8H2,1H3,(H,13,14). The van der Waals surface area contributed by atoms with Gasteiger partial charge in [-0.2, -0.15) is 0 Å². The number of alkyl halides is 1. The number of carbonyl (C=O) groups excluding carboxylic acids is 1. The number of halogens is 1. The molecular formula is C11H20BrNO2. The van der Waals surface area contributed by atoms with Crippen LogP contribution in [0.1, 0.15) is 39.0 Å². The molecule has 1 amide bonds.